The minimum Gasteiger partial charge on any atom is -0.497 e. The fraction of sp³-hybridized carbons (Fsp3) is 0.846. The van der Waals surface area contributed by atoms with Crippen molar-refractivity contribution in [3.63, 3.8) is 0 Å². The zero-order valence-corrected chi connectivity index (χ0v) is 10.4. The Labute approximate surface area is 94.1 Å². The first kappa shape index (κ1) is 12.6. The third kappa shape index (κ3) is 3.53. The molecule has 2 nitrogen and oxygen atoms in total. The predicted octanol–water partition coefficient (Wildman–Crippen LogP) is 3.10. The van der Waals surface area contributed by atoms with E-state index in [1.54, 1.807) is 0 Å². The summed E-state index contributed by atoms with van der Waals surface area (Å²) in [6.45, 7) is 8.61. The molecule has 0 saturated carbocycles. The third-order valence-electron chi connectivity index (χ3n) is 3.21. The van der Waals surface area contributed by atoms with E-state index in [0.717, 1.165) is 13.2 Å². The first-order valence-corrected chi connectivity index (χ1v) is 6.39. The lowest BCUT2D eigenvalue weighted by molar-refractivity contribution is 0.148. The van der Waals surface area contributed by atoms with Gasteiger partial charge in [-0.05, 0) is 31.4 Å². The van der Waals surface area contributed by atoms with Crippen LogP contribution in [0.1, 0.15) is 46.5 Å². The molecule has 15 heavy (non-hydrogen) atoms. The summed E-state index contributed by atoms with van der Waals surface area (Å²) in [6, 6.07) is 0.435. The Morgan fingerprint density at radius 1 is 1.33 bits per heavy atom. The van der Waals surface area contributed by atoms with Gasteiger partial charge in [-0.15, -0.1) is 0 Å². The van der Waals surface area contributed by atoms with Crippen LogP contribution in [0.15, 0.2) is 11.8 Å². The van der Waals surface area contributed by atoms with Crippen molar-refractivity contribution in [2.75, 3.05) is 13.2 Å². The van der Waals surface area contributed by atoms with Gasteiger partial charge in [0, 0.05) is 0 Å². The summed E-state index contributed by atoms with van der Waals surface area (Å²) < 4.78 is 5.78. The van der Waals surface area contributed by atoms with Crippen LogP contribution in [-0.2, 0) is 4.74 Å². The topological polar surface area (TPSA) is 21.3 Å². The van der Waals surface area contributed by atoms with E-state index in [1.807, 2.05) is 0 Å². The molecule has 0 aromatic carbocycles. The molecule has 1 unspecified atom stereocenters. The van der Waals surface area contributed by atoms with Gasteiger partial charge in [0.15, 0.2) is 0 Å². The molecule has 0 fully saturated rings. The van der Waals surface area contributed by atoms with E-state index in [9.17, 15) is 0 Å². The molecule has 2 heteroatoms. The minimum atomic E-state index is 0.435. The number of nitrogens with one attached hydrogen (secondary N) is 1. The number of hydrogen-bond donors (Lipinski definition) is 1. The van der Waals surface area contributed by atoms with Gasteiger partial charge in [0.2, 0.25) is 0 Å². The summed E-state index contributed by atoms with van der Waals surface area (Å²) in [5.41, 5.74) is 0. The van der Waals surface area contributed by atoms with Crippen LogP contribution in [-0.4, -0.2) is 19.2 Å². The van der Waals surface area contributed by atoms with Crippen LogP contribution in [0, 0.1) is 5.92 Å². The van der Waals surface area contributed by atoms with Crippen LogP contribution in [0.25, 0.3) is 0 Å². The smallest absolute Gasteiger partial charge is 0.109 e. The zero-order valence-electron chi connectivity index (χ0n) is 10.4. The Balaban J connectivity index is 2.66. The van der Waals surface area contributed by atoms with Gasteiger partial charge < -0.3 is 10.1 Å². The summed E-state index contributed by atoms with van der Waals surface area (Å²) in [5.74, 6) is 1.89. The van der Waals surface area contributed by atoms with E-state index in [-0.39, 0.29) is 0 Å². The van der Waals surface area contributed by atoms with Gasteiger partial charge in [-0.25, -0.2) is 0 Å². The molecule has 0 bridgehead atoms. The highest BCUT2D eigenvalue weighted by Crippen LogP contribution is 2.23. The highest BCUT2D eigenvalue weighted by Gasteiger charge is 2.23. The highest BCUT2D eigenvalue weighted by atomic mass is 16.5. The molecule has 0 spiro atoms. The number of hydrogen-bond acceptors (Lipinski definition) is 2. The Hall–Kier alpha value is -0.500. The molecule has 1 N–H and O–H groups in total. The van der Waals surface area contributed by atoms with Gasteiger partial charge in [0.1, 0.15) is 5.76 Å². The third-order valence-corrected chi connectivity index (χ3v) is 3.21. The van der Waals surface area contributed by atoms with E-state index in [4.69, 9.17) is 4.74 Å². The molecule has 0 saturated heterocycles. The maximum atomic E-state index is 5.78. The van der Waals surface area contributed by atoms with Gasteiger partial charge in [-0.1, -0.05) is 33.6 Å². The SMILES string of the molecule is CCNC(C1=CCCCO1)C(CC)CC. The second-order valence-corrected chi connectivity index (χ2v) is 4.21. The van der Waals surface area contributed by atoms with E-state index in [2.05, 4.69) is 32.2 Å². The normalized spacial score (nSPS) is 18.5. The molecule has 88 valence electrons. The summed E-state index contributed by atoms with van der Waals surface area (Å²) in [5, 5.41) is 3.56. The Morgan fingerprint density at radius 2 is 2.07 bits per heavy atom. The molecular weight excluding hydrogens is 186 g/mol. The molecule has 1 aliphatic heterocycles. The van der Waals surface area contributed by atoms with Crippen molar-refractivity contribution in [3.05, 3.63) is 11.8 Å². The van der Waals surface area contributed by atoms with E-state index in [0.29, 0.717) is 12.0 Å². The average molecular weight is 211 g/mol. The summed E-state index contributed by atoms with van der Waals surface area (Å²) in [7, 11) is 0. The van der Waals surface area contributed by atoms with Crippen molar-refractivity contribution < 1.29 is 4.74 Å². The van der Waals surface area contributed by atoms with Crippen LogP contribution in [0.2, 0.25) is 0 Å². The van der Waals surface area contributed by atoms with Crippen molar-refractivity contribution in [3.8, 4) is 0 Å². The molecule has 0 aromatic heterocycles. The van der Waals surface area contributed by atoms with Crippen molar-refractivity contribution in [2.24, 2.45) is 5.92 Å². The van der Waals surface area contributed by atoms with Crippen LogP contribution in [0.3, 0.4) is 0 Å². The summed E-state index contributed by atoms with van der Waals surface area (Å²) >= 11 is 0. The standard InChI is InChI=1S/C13H25NO/c1-4-11(5-2)13(14-6-3)12-9-7-8-10-15-12/h9,11,13-14H,4-8,10H2,1-3H3. The predicted molar refractivity (Wildman–Crippen MR) is 64.8 cm³/mol. The molecule has 0 amide bonds. The lowest BCUT2D eigenvalue weighted by atomic mass is 9.91. The minimum absolute atomic E-state index is 0.435. The zero-order chi connectivity index (χ0) is 11.1. The number of allylic oxidation sites excluding steroid dienone is 1. The Morgan fingerprint density at radius 3 is 2.53 bits per heavy atom. The van der Waals surface area contributed by atoms with Gasteiger partial charge >= 0.3 is 0 Å². The first-order chi connectivity index (χ1) is 7.33. The summed E-state index contributed by atoms with van der Waals surface area (Å²) in [4.78, 5) is 0. The summed E-state index contributed by atoms with van der Waals surface area (Å²) in [6.07, 6.45) is 7.06. The molecule has 0 radical (unpaired) electrons. The molecule has 1 rings (SSSR count). The van der Waals surface area contributed by atoms with Gasteiger partial charge in [0.25, 0.3) is 0 Å². The van der Waals surface area contributed by atoms with Crippen LogP contribution >= 0.6 is 0 Å². The fourth-order valence-electron chi connectivity index (χ4n) is 2.27. The van der Waals surface area contributed by atoms with Crippen molar-refractivity contribution >= 4 is 0 Å². The van der Waals surface area contributed by atoms with Crippen LogP contribution in [0.4, 0.5) is 0 Å². The average Bonchev–Trinajstić information content (AvgIpc) is 2.30. The van der Waals surface area contributed by atoms with E-state index in [1.165, 1.54) is 31.4 Å². The molecule has 1 aliphatic rings. The van der Waals surface area contributed by atoms with Crippen molar-refractivity contribution in [2.45, 2.75) is 52.5 Å². The largest absolute Gasteiger partial charge is 0.497 e. The highest BCUT2D eigenvalue weighted by molar-refractivity contribution is 5.07. The van der Waals surface area contributed by atoms with Gasteiger partial charge in [-0.3, -0.25) is 0 Å². The van der Waals surface area contributed by atoms with Crippen LogP contribution < -0.4 is 5.32 Å². The Kier molecular flexibility index (Phi) is 5.77. The maximum Gasteiger partial charge on any atom is 0.109 e. The lowest BCUT2D eigenvalue weighted by Gasteiger charge is -2.30. The first-order valence-electron chi connectivity index (χ1n) is 6.39. The van der Waals surface area contributed by atoms with Crippen molar-refractivity contribution in [1.29, 1.82) is 0 Å². The van der Waals surface area contributed by atoms with E-state index < -0.39 is 0 Å². The van der Waals surface area contributed by atoms with Crippen molar-refractivity contribution in [1.82, 2.24) is 5.32 Å². The molecule has 0 aliphatic carbocycles. The van der Waals surface area contributed by atoms with Gasteiger partial charge in [0.05, 0.1) is 12.6 Å². The van der Waals surface area contributed by atoms with Crippen LogP contribution in [0.5, 0.6) is 0 Å². The second kappa shape index (κ2) is 6.89. The monoisotopic (exact) mass is 211 g/mol. The number of likely N-dealkylation sites (N-methyl/N-ethyl adjacent to an activating group) is 1. The molecule has 1 atom stereocenters. The second-order valence-electron chi connectivity index (χ2n) is 4.21. The van der Waals surface area contributed by atoms with Gasteiger partial charge in [-0.2, -0.15) is 0 Å². The maximum absolute atomic E-state index is 5.78. The van der Waals surface area contributed by atoms with E-state index >= 15 is 0 Å². The number of ether oxygens (including phenoxy) is 1. The fourth-order valence-corrected chi connectivity index (χ4v) is 2.27. The quantitative estimate of drug-likeness (QED) is 0.729. The molecule has 0 aromatic rings. The Bertz CT molecular complexity index is 197. The lowest BCUT2D eigenvalue weighted by Crippen LogP contribution is -2.39. The molecular formula is C13H25NO. The molecule has 1 heterocycles. The number of rotatable bonds is 6.